The normalized spacial score (nSPS) is 25.3. The zero-order valence-electron chi connectivity index (χ0n) is 85.2. The first-order valence-electron chi connectivity index (χ1n) is 51.9. The maximum absolute atomic E-state index is 13.8. The Bertz CT molecular complexity index is 5080. The van der Waals surface area contributed by atoms with Gasteiger partial charge in [-0.15, -0.1) is 0 Å². The maximum atomic E-state index is 13.8. The number of hydrogen-bond acceptors (Lipinski definition) is 12. The number of nitrogens with one attached hydrogen (secondary N) is 4. The van der Waals surface area contributed by atoms with E-state index in [-0.39, 0.29) is 66.2 Å². The van der Waals surface area contributed by atoms with Crippen LogP contribution < -0.4 is 21.3 Å². The zero-order valence-corrected chi connectivity index (χ0v) is 85.2. The Morgan fingerprint density at radius 1 is 0.351 bits per heavy atom. The number of nitrogens with zero attached hydrogens (tertiary/aromatic N) is 4. The SMILES string of the molecule is CCC1C2=C(CCN1C(=O)C1CCC(CNC(=O)OC(C)(C)C)CC1)c1c(C)cccc1C2.CCC1C2=C(CCN1C(=O)C1CCC(CNC(=O)OC(C)(C)C)CC1)c1ccc(C)cc1C2.Cc1ccc2c(c1)CC1=C2CCN(C(=O)C2CCC(CNC(=O)OC(C)(C)C)CC2)C1C1CC1.Cc1cccc2c1C1=C(C2)C(C(C)C)N(C(=O)C2CCC(CNC(=O)OC(C)(C)C)CC2)CC1. The summed E-state index contributed by atoms with van der Waals surface area (Å²) in [7, 11) is 0. The predicted octanol–water partition coefficient (Wildman–Crippen LogP) is 22.8. The minimum Gasteiger partial charge on any atom is -0.444 e. The molecule has 20 nitrogen and oxygen atoms in total. The largest absolute Gasteiger partial charge is 0.444 e. The molecule has 17 rings (SSSR count). The van der Waals surface area contributed by atoms with Gasteiger partial charge in [0.2, 0.25) is 23.6 Å². The van der Waals surface area contributed by atoms with Crippen molar-refractivity contribution < 1.29 is 57.3 Å². The Balaban J connectivity index is 0.000000143. The number of hydrogen-bond donors (Lipinski definition) is 4. The van der Waals surface area contributed by atoms with Crippen LogP contribution in [0.25, 0.3) is 22.3 Å². The fraction of sp³-hybridized carbons (Fsp3) is 0.649. The molecule has 9 aliphatic carbocycles. The van der Waals surface area contributed by atoms with E-state index in [0.29, 0.717) is 91.4 Å². The highest BCUT2D eigenvalue weighted by atomic mass is 16.6. The summed E-state index contributed by atoms with van der Waals surface area (Å²) in [6.45, 7) is 46.1. The van der Waals surface area contributed by atoms with Gasteiger partial charge in [-0.05, 0) is 426 Å². The smallest absolute Gasteiger partial charge is 0.407 e. The first-order chi connectivity index (χ1) is 63.6. The first kappa shape index (κ1) is 101. The zero-order chi connectivity index (χ0) is 96.2. The highest BCUT2D eigenvalue weighted by Crippen LogP contribution is 2.52. The molecule has 0 saturated heterocycles. The van der Waals surface area contributed by atoms with Crippen LogP contribution in [-0.4, -0.2) is 167 Å². The van der Waals surface area contributed by atoms with E-state index in [1.807, 2.05) is 83.1 Å². The van der Waals surface area contributed by atoms with Crippen LogP contribution in [0.4, 0.5) is 19.2 Å². The van der Waals surface area contributed by atoms with Gasteiger partial charge < -0.3 is 59.8 Å². The summed E-state index contributed by atoms with van der Waals surface area (Å²) in [6, 6.07) is 27.9. The molecule has 0 bridgehead atoms. The molecule has 4 atom stereocenters. The molecule has 5 saturated carbocycles. The number of rotatable bonds is 16. The van der Waals surface area contributed by atoms with Crippen LogP contribution in [0.5, 0.6) is 0 Å². The van der Waals surface area contributed by atoms with Crippen molar-refractivity contribution in [3.8, 4) is 0 Å². The van der Waals surface area contributed by atoms with Gasteiger partial charge in [0.05, 0.1) is 24.2 Å². The van der Waals surface area contributed by atoms with Gasteiger partial charge in [-0.3, -0.25) is 19.2 Å². The van der Waals surface area contributed by atoms with Crippen LogP contribution in [0.2, 0.25) is 0 Å². The minimum absolute atomic E-state index is 0.103. The van der Waals surface area contributed by atoms with Gasteiger partial charge in [0.15, 0.2) is 0 Å². The Labute approximate surface area is 802 Å². The molecule has 4 N–H and O–H groups in total. The Morgan fingerprint density at radius 3 is 1.00 bits per heavy atom. The molecule has 13 aliphatic rings. The second-order valence-corrected chi connectivity index (χ2v) is 46.1. The first-order valence-corrected chi connectivity index (χ1v) is 51.9. The Morgan fingerprint density at radius 2 is 0.649 bits per heavy atom. The molecule has 20 heteroatoms. The summed E-state index contributed by atoms with van der Waals surface area (Å²) >= 11 is 0. The fourth-order valence-electron chi connectivity index (χ4n) is 24.7. The van der Waals surface area contributed by atoms with Crippen molar-refractivity contribution in [2.24, 2.45) is 59.2 Å². The summed E-state index contributed by atoms with van der Waals surface area (Å²) in [5, 5.41) is 11.7. The number of alkyl carbamates (subject to hydrolysis) is 4. The van der Waals surface area contributed by atoms with E-state index in [4.69, 9.17) is 18.9 Å². The average Bonchev–Trinajstić information content (AvgIpc) is 1.65. The van der Waals surface area contributed by atoms with E-state index in [1.165, 1.54) is 124 Å². The quantitative estimate of drug-likeness (QED) is 0.0767. The third kappa shape index (κ3) is 24.7. The minimum atomic E-state index is -0.482. The third-order valence-corrected chi connectivity index (χ3v) is 31.0. The van der Waals surface area contributed by atoms with Crippen molar-refractivity contribution in [1.82, 2.24) is 40.9 Å². The van der Waals surface area contributed by atoms with Crippen LogP contribution in [0.3, 0.4) is 0 Å². The molecule has 0 radical (unpaired) electrons. The van der Waals surface area contributed by atoms with Gasteiger partial charge in [-0.1, -0.05) is 112 Å². The number of benzene rings is 4. The molecular formula is C114H162N8O12. The van der Waals surface area contributed by atoms with Crippen LogP contribution in [-0.2, 0) is 63.8 Å². The van der Waals surface area contributed by atoms with E-state index >= 15 is 0 Å². The lowest BCUT2D eigenvalue weighted by molar-refractivity contribution is -0.140. The monoisotopic (exact) mass is 1840 g/mol. The van der Waals surface area contributed by atoms with Crippen molar-refractivity contribution in [2.75, 3.05) is 52.4 Å². The van der Waals surface area contributed by atoms with Gasteiger partial charge >= 0.3 is 24.4 Å². The lowest BCUT2D eigenvalue weighted by Crippen LogP contribution is -2.50. The number of fused-ring (bicyclic) bond motifs is 8. The van der Waals surface area contributed by atoms with Gasteiger partial charge in [0, 0.05) is 76.0 Å². The second-order valence-electron chi connectivity index (χ2n) is 46.1. The lowest BCUT2D eigenvalue weighted by atomic mass is 9.79. The van der Waals surface area contributed by atoms with E-state index in [0.717, 1.165) is 193 Å². The highest BCUT2D eigenvalue weighted by molar-refractivity contribution is 5.89. The van der Waals surface area contributed by atoms with E-state index in [9.17, 15) is 38.4 Å². The van der Waals surface area contributed by atoms with Crippen LogP contribution in [0, 0.1) is 86.9 Å². The van der Waals surface area contributed by atoms with Gasteiger partial charge in [-0.25, -0.2) is 19.2 Å². The Hall–Kier alpha value is -9.20. The van der Waals surface area contributed by atoms with Crippen LogP contribution >= 0.6 is 0 Å². The molecule has 4 unspecified atom stereocenters. The van der Waals surface area contributed by atoms with E-state index in [2.05, 4.69) is 169 Å². The molecule has 134 heavy (non-hydrogen) atoms. The van der Waals surface area contributed by atoms with Crippen molar-refractivity contribution in [3.63, 3.8) is 0 Å². The van der Waals surface area contributed by atoms with Gasteiger partial charge in [0.25, 0.3) is 0 Å². The van der Waals surface area contributed by atoms with Crippen molar-refractivity contribution >= 4 is 70.3 Å². The average molecular weight is 1840 g/mol. The molecule has 4 aliphatic heterocycles. The maximum Gasteiger partial charge on any atom is 0.407 e. The standard InChI is InChI=1S/C29H40N2O3.C29H42N2O3.2C28H40N2O3/c1-18-5-12-23-22(15-18)16-25-24(23)13-14-31(26(25)20-10-11-20)27(32)21-8-6-19(7-9-21)17-30-28(33)34-29(2,3)4;1-18(2)26-24-16-22-9-7-8-19(3)25(22)23(24)14-15-31(26)27(32)21-12-10-20(11-13-21)17-30-28(33)34-29(4,5)6;1-6-25-24-16-21-15-18(2)7-12-22(21)23(24)13-14-30(25)26(31)20-10-8-19(9-11-20)17-29-27(32)33-28(3,4)5;1-6-24-23-16-21-9-7-8-18(2)25(21)22(23)14-15-30(24)26(31)20-12-10-19(11-13-20)17-29-27(32)33-28(3,4)5/h5,12,15,19-21,26H,6-11,13-14,16-17H2,1-4H3,(H,30,33);7-9,18,20-21,26H,10-17H2,1-6H3,(H,30,33);7,12,15,19-20,25H,6,8-11,13-14,16-17H2,1-5H3,(H,29,32);7-9,19-20,24H,6,10-17H2,1-5H3,(H,29,32). The molecule has 730 valence electrons. The number of carbonyl (C=O) groups is 8. The van der Waals surface area contributed by atoms with E-state index in [1.54, 1.807) is 0 Å². The number of ether oxygens (including phenoxy) is 4. The predicted molar refractivity (Wildman–Crippen MR) is 535 cm³/mol. The number of carbonyl (C=O) groups excluding carboxylic acids is 8. The lowest BCUT2D eigenvalue weighted by Gasteiger charge is -2.42. The topological polar surface area (TPSA) is 235 Å². The molecule has 4 aromatic carbocycles. The summed E-state index contributed by atoms with van der Waals surface area (Å²) < 4.78 is 21.4. The molecule has 8 amide bonds. The summed E-state index contributed by atoms with van der Waals surface area (Å²) in [6.07, 6.45) is 26.2. The highest BCUT2D eigenvalue weighted by Gasteiger charge is 2.49. The van der Waals surface area contributed by atoms with Crippen molar-refractivity contribution in [3.05, 3.63) is 162 Å². The van der Waals surface area contributed by atoms with Crippen LogP contribution in [0.1, 0.15) is 332 Å². The molecular weight excluding hydrogens is 1670 g/mol. The van der Waals surface area contributed by atoms with Crippen molar-refractivity contribution in [2.45, 2.75) is 365 Å². The molecule has 4 aromatic rings. The summed E-state index contributed by atoms with van der Waals surface area (Å²) in [4.78, 5) is 111. The fourth-order valence-corrected chi connectivity index (χ4v) is 24.7. The second kappa shape index (κ2) is 42.8. The molecule has 4 heterocycles. The summed E-state index contributed by atoms with van der Waals surface area (Å²) in [5.41, 5.74) is 27.0. The third-order valence-electron chi connectivity index (χ3n) is 31.0. The molecule has 0 spiro atoms. The van der Waals surface area contributed by atoms with Gasteiger partial charge in [-0.2, -0.15) is 0 Å². The Kier molecular flexibility index (Phi) is 32.2. The molecule has 0 aromatic heterocycles. The number of amides is 8. The van der Waals surface area contributed by atoms with Crippen molar-refractivity contribution in [1.29, 1.82) is 0 Å². The van der Waals surface area contributed by atoms with E-state index < -0.39 is 22.4 Å². The molecule has 5 fully saturated rings. The summed E-state index contributed by atoms with van der Waals surface area (Å²) in [5.74, 6) is 4.63. The number of aryl methyl sites for hydroxylation is 4. The van der Waals surface area contributed by atoms with Gasteiger partial charge in [0.1, 0.15) is 22.4 Å². The van der Waals surface area contributed by atoms with Crippen LogP contribution in [0.15, 0.2) is 95.1 Å².